The maximum absolute atomic E-state index is 12.3. The van der Waals surface area contributed by atoms with Crippen molar-refractivity contribution in [3.05, 3.63) is 58.6 Å². The zero-order valence-corrected chi connectivity index (χ0v) is 18.1. The number of rotatable bonds is 9. The average molecular weight is 445 g/mol. The molecule has 0 saturated heterocycles. The minimum Gasteiger partial charge on any atom is -0.494 e. The van der Waals surface area contributed by atoms with Gasteiger partial charge in [-0.1, -0.05) is 12.1 Å². The van der Waals surface area contributed by atoms with E-state index in [-0.39, 0.29) is 23.6 Å². The van der Waals surface area contributed by atoms with Gasteiger partial charge in [-0.25, -0.2) is 13.4 Å². The molecule has 10 heteroatoms. The SMILES string of the molecule is CCS(=O)(=O)Nc1ccc(NC(=O)CCCc2nc3ccccc3c(=O)[nH]2)cc1OC. The van der Waals surface area contributed by atoms with E-state index in [1.165, 1.54) is 20.1 Å². The number of amides is 1. The molecule has 0 spiro atoms. The van der Waals surface area contributed by atoms with Crippen LogP contribution in [0.5, 0.6) is 5.75 Å². The number of nitrogens with one attached hydrogen (secondary N) is 3. The van der Waals surface area contributed by atoms with E-state index in [1.54, 1.807) is 30.3 Å². The van der Waals surface area contributed by atoms with Crippen LogP contribution < -0.4 is 20.3 Å². The van der Waals surface area contributed by atoms with Crippen molar-refractivity contribution in [3.63, 3.8) is 0 Å². The zero-order chi connectivity index (χ0) is 22.4. The van der Waals surface area contributed by atoms with Gasteiger partial charge in [0.15, 0.2) is 0 Å². The number of ether oxygens (including phenoxy) is 1. The van der Waals surface area contributed by atoms with Crippen molar-refractivity contribution in [3.8, 4) is 5.75 Å². The molecule has 1 aromatic heterocycles. The number of sulfonamides is 1. The highest BCUT2D eigenvalue weighted by molar-refractivity contribution is 7.92. The fraction of sp³-hybridized carbons (Fsp3) is 0.286. The van der Waals surface area contributed by atoms with Crippen LogP contribution >= 0.6 is 0 Å². The van der Waals surface area contributed by atoms with E-state index in [9.17, 15) is 18.0 Å². The van der Waals surface area contributed by atoms with Crippen LogP contribution in [0.3, 0.4) is 0 Å². The number of hydrogen-bond donors (Lipinski definition) is 3. The molecule has 3 N–H and O–H groups in total. The van der Waals surface area contributed by atoms with Crippen LogP contribution in [0.1, 0.15) is 25.6 Å². The number of fused-ring (bicyclic) bond motifs is 1. The molecule has 31 heavy (non-hydrogen) atoms. The molecular weight excluding hydrogens is 420 g/mol. The van der Waals surface area contributed by atoms with Crippen LogP contribution in [0, 0.1) is 0 Å². The maximum Gasteiger partial charge on any atom is 0.258 e. The van der Waals surface area contributed by atoms with Crippen molar-refractivity contribution in [2.24, 2.45) is 0 Å². The summed E-state index contributed by atoms with van der Waals surface area (Å²) in [6.07, 6.45) is 1.18. The topological polar surface area (TPSA) is 130 Å². The summed E-state index contributed by atoms with van der Waals surface area (Å²) in [5, 5.41) is 3.29. The number of carbonyl (C=O) groups is 1. The second kappa shape index (κ2) is 9.61. The minimum atomic E-state index is -3.44. The number of anilines is 2. The lowest BCUT2D eigenvalue weighted by atomic mass is 10.2. The van der Waals surface area contributed by atoms with Crippen molar-refractivity contribution in [2.75, 3.05) is 22.9 Å². The summed E-state index contributed by atoms with van der Waals surface area (Å²) < 4.78 is 31.2. The number of aromatic nitrogens is 2. The number of benzene rings is 2. The molecule has 164 valence electrons. The third-order valence-corrected chi connectivity index (χ3v) is 5.90. The molecule has 0 aliphatic rings. The van der Waals surface area contributed by atoms with Crippen LogP contribution in [-0.2, 0) is 21.2 Å². The molecule has 1 amide bonds. The Kier molecular flexibility index (Phi) is 6.91. The predicted molar refractivity (Wildman–Crippen MR) is 120 cm³/mol. The van der Waals surface area contributed by atoms with Gasteiger partial charge in [0.1, 0.15) is 11.6 Å². The monoisotopic (exact) mass is 444 g/mol. The summed E-state index contributed by atoms with van der Waals surface area (Å²) in [6.45, 7) is 1.53. The first-order chi connectivity index (χ1) is 14.8. The smallest absolute Gasteiger partial charge is 0.258 e. The number of aromatic amines is 1. The summed E-state index contributed by atoms with van der Waals surface area (Å²) >= 11 is 0. The van der Waals surface area contributed by atoms with Crippen molar-refractivity contribution >= 4 is 38.2 Å². The van der Waals surface area contributed by atoms with Crippen LogP contribution in [-0.4, -0.2) is 37.2 Å². The Balaban J connectivity index is 1.59. The standard InChI is InChI=1S/C21H24N4O5S/c1-3-31(28,29)25-17-12-11-14(13-18(17)30-2)22-20(26)10-6-9-19-23-16-8-5-4-7-15(16)21(27)24-19/h4-5,7-8,11-13,25H,3,6,9-10H2,1-2H3,(H,22,26)(H,23,24,27). The molecule has 0 fully saturated rings. The molecule has 9 nitrogen and oxygen atoms in total. The first-order valence-corrected chi connectivity index (χ1v) is 11.4. The number of aryl methyl sites for hydroxylation is 1. The highest BCUT2D eigenvalue weighted by Crippen LogP contribution is 2.29. The molecule has 0 radical (unpaired) electrons. The normalized spacial score (nSPS) is 11.3. The zero-order valence-electron chi connectivity index (χ0n) is 17.3. The van der Waals surface area contributed by atoms with Crippen LogP contribution in [0.25, 0.3) is 10.9 Å². The van der Waals surface area contributed by atoms with Crippen molar-refractivity contribution in [1.82, 2.24) is 9.97 Å². The van der Waals surface area contributed by atoms with Gasteiger partial charge in [-0.05, 0) is 37.6 Å². The van der Waals surface area contributed by atoms with Gasteiger partial charge in [0.2, 0.25) is 15.9 Å². The number of nitrogens with zero attached hydrogens (tertiary/aromatic N) is 1. The van der Waals surface area contributed by atoms with Crippen LogP contribution in [0.2, 0.25) is 0 Å². The Morgan fingerprint density at radius 3 is 2.71 bits per heavy atom. The third-order valence-electron chi connectivity index (χ3n) is 4.61. The first kappa shape index (κ1) is 22.3. The van der Waals surface area contributed by atoms with E-state index in [1.807, 2.05) is 6.07 Å². The van der Waals surface area contributed by atoms with Crippen LogP contribution in [0.15, 0.2) is 47.3 Å². The lowest BCUT2D eigenvalue weighted by molar-refractivity contribution is -0.116. The number of methoxy groups -OCH3 is 1. The molecule has 0 aliphatic carbocycles. The third kappa shape index (κ3) is 5.82. The van der Waals surface area contributed by atoms with Gasteiger partial charge in [0.05, 0.1) is 29.5 Å². The van der Waals surface area contributed by atoms with Gasteiger partial charge < -0.3 is 15.0 Å². The summed E-state index contributed by atoms with van der Waals surface area (Å²) in [5.41, 5.74) is 1.21. The van der Waals surface area contributed by atoms with E-state index in [0.29, 0.717) is 46.7 Å². The lowest BCUT2D eigenvalue weighted by Gasteiger charge is -2.13. The van der Waals surface area contributed by atoms with Crippen molar-refractivity contribution in [1.29, 1.82) is 0 Å². The molecule has 3 rings (SSSR count). The molecule has 3 aromatic rings. The van der Waals surface area contributed by atoms with E-state index in [2.05, 4.69) is 20.0 Å². The molecule has 0 aliphatic heterocycles. The van der Waals surface area contributed by atoms with Crippen molar-refractivity contribution < 1.29 is 17.9 Å². The molecule has 0 unspecified atom stereocenters. The summed E-state index contributed by atoms with van der Waals surface area (Å²) in [4.78, 5) is 31.6. The van der Waals surface area contributed by atoms with E-state index >= 15 is 0 Å². The average Bonchev–Trinajstić information content (AvgIpc) is 2.74. The van der Waals surface area contributed by atoms with Gasteiger partial charge in [0.25, 0.3) is 5.56 Å². The fourth-order valence-electron chi connectivity index (χ4n) is 2.99. The van der Waals surface area contributed by atoms with Gasteiger partial charge >= 0.3 is 0 Å². The second-order valence-electron chi connectivity index (χ2n) is 6.85. The minimum absolute atomic E-state index is 0.0635. The van der Waals surface area contributed by atoms with Gasteiger partial charge in [-0.2, -0.15) is 0 Å². The number of carbonyl (C=O) groups excluding carboxylic acids is 1. The second-order valence-corrected chi connectivity index (χ2v) is 8.86. The first-order valence-electron chi connectivity index (χ1n) is 9.77. The Morgan fingerprint density at radius 2 is 1.97 bits per heavy atom. The maximum atomic E-state index is 12.3. The van der Waals surface area contributed by atoms with Gasteiger partial charge in [-0.15, -0.1) is 0 Å². The molecule has 0 bridgehead atoms. The largest absolute Gasteiger partial charge is 0.494 e. The molecule has 0 saturated carbocycles. The summed E-state index contributed by atoms with van der Waals surface area (Å²) in [7, 11) is -2.03. The lowest BCUT2D eigenvalue weighted by Crippen LogP contribution is -2.16. The molecular formula is C21H24N4O5S. The van der Waals surface area contributed by atoms with Gasteiger partial charge in [0, 0.05) is 24.6 Å². The highest BCUT2D eigenvalue weighted by Gasteiger charge is 2.13. The van der Waals surface area contributed by atoms with Crippen LogP contribution in [0.4, 0.5) is 11.4 Å². The van der Waals surface area contributed by atoms with Crippen molar-refractivity contribution in [2.45, 2.75) is 26.2 Å². The Labute approximate surface area is 179 Å². The number of H-pyrrole nitrogens is 1. The van der Waals surface area contributed by atoms with E-state index in [0.717, 1.165) is 0 Å². The molecule has 0 atom stereocenters. The van der Waals surface area contributed by atoms with E-state index < -0.39 is 10.0 Å². The summed E-state index contributed by atoms with van der Waals surface area (Å²) in [5.74, 6) is 0.553. The number of hydrogen-bond acceptors (Lipinski definition) is 6. The Morgan fingerprint density at radius 1 is 1.19 bits per heavy atom. The quantitative estimate of drug-likeness (QED) is 0.465. The summed E-state index contributed by atoms with van der Waals surface area (Å²) in [6, 6.07) is 11.8. The molecule has 2 aromatic carbocycles. The van der Waals surface area contributed by atoms with Gasteiger partial charge in [-0.3, -0.25) is 14.3 Å². The van der Waals surface area contributed by atoms with E-state index in [4.69, 9.17) is 4.74 Å². The Bertz CT molecular complexity index is 1250. The Hall–Kier alpha value is -3.40. The predicted octanol–water partition coefficient (Wildman–Crippen LogP) is 2.65. The highest BCUT2D eigenvalue weighted by atomic mass is 32.2. The molecule has 1 heterocycles. The number of para-hydroxylation sites is 1. The fourth-order valence-corrected chi connectivity index (χ4v) is 3.63.